The summed E-state index contributed by atoms with van der Waals surface area (Å²) in [6.45, 7) is 8.22. The molecule has 0 aromatic heterocycles. The molecule has 2 atom stereocenters. The van der Waals surface area contributed by atoms with Crippen molar-refractivity contribution in [2.45, 2.75) is 59.2 Å². The third-order valence-corrected chi connectivity index (χ3v) is 6.26. The average Bonchev–Trinajstić information content (AvgIpc) is 2.87. The zero-order valence-corrected chi connectivity index (χ0v) is 21.2. The number of nitrogens with one attached hydrogen (secondary N) is 1. The fourth-order valence-corrected chi connectivity index (χ4v) is 3.83. The quantitative estimate of drug-likeness (QED) is 0.415. The Morgan fingerprint density at radius 2 is 1.57 bits per heavy atom. The molecule has 0 heterocycles. The number of aryl methyl sites for hydroxylation is 2. The number of benzene rings is 3. The van der Waals surface area contributed by atoms with Crippen LogP contribution in [0, 0.1) is 13.8 Å². The van der Waals surface area contributed by atoms with Crippen molar-refractivity contribution in [2.75, 3.05) is 6.61 Å². The Hall–Kier alpha value is -3.60. The Bertz CT molecular complexity index is 1100. The average molecular weight is 473 g/mol. The van der Waals surface area contributed by atoms with Crippen LogP contribution >= 0.6 is 0 Å². The second-order valence-electron chi connectivity index (χ2n) is 9.07. The highest BCUT2D eigenvalue weighted by Crippen LogP contribution is 2.18. The molecule has 35 heavy (non-hydrogen) atoms. The van der Waals surface area contributed by atoms with E-state index in [1.54, 1.807) is 4.90 Å². The van der Waals surface area contributed by atoms with Gasteiger partial charge in [-0.05, 0) is 56.0 Å². The zero-order chi connectivity index (χ0) is 25.2. The number of carbonyl (C=O) groups is 2. The topological polar surface area (TPSA) is 58.6 Å². The van der Waals surface area contributed by atoms with Crippen LogP contribution in [0.2, 0.25) is 0 Å². The molecular formula is C30H36N2O3. The van der Waals surface area contributed by atoms with Gasteiger partial charge in [-0.3, -0.25) is 9.59 Å². The second kappa shape index (κ2) is 12.7. The van der Waals surface area contributed by atoms with Gasteiger partial charge in [-0.1, -0.05) is 79.2 Å². The molecule has 0 aliphatic heterocycles. The van der Waals surface area contributed by atoms with E-state index in [2.05, 4.69) is 5.32 Å². The van der Waals surface area contributed by atoms with E-state index < -0.39 is 6.04 Å². The van der Waals surface area contributed by atoms with Crippen molar-refractivity contribution in [1.29, 1.82) is 0 Å². The summed E-state index contributed by atoms with van der Waals surface area (Å²) in [6, 6.07) is 24.7. The first-order chi connectivity index (χ1) is 16.9. The van der Waals surface area contributed by atoms with E-state index in [0.717, 1.165) is 28.7 Å². The molecule has 0 saturated heterocycles. The van der Waals surface area contributed by atoms with Gasteiger partial charge < -0.3 is 15.0 Å². The van der Waals surface area contributed by atoms with Crippen molar-refractivity contribution in [3.8, 4) is 5.75 Å². The Balaban J connectivity index is 1.91. The molecule has 1 N–H and O–H groups in total. The monoisotopic (exact) mass is 472 g/mol. The number of carbonyl (C=O) groups excluding carboxylic acids is 2. The molecule has 0 spiro atoms. The molecule has 0 saturated carbocycles. The molecule has 3 aromatic carbocycles. The first-order valence-electron chi connectivity index (χ1n) is 12.2. The highest BCUT2D eigenvalue weighted by Gasteiger charge is 2.31. The van der Waals surface area contributed by atoms with Crippen molar-refractivity contribution in [1.82, 2.24) is 10.2 Å². The lowest BCUT2D eigenvalue weighted by atomic mass is 10.0. The van der Waals surface area contributed by atoms with E-state index in [-0.39, 0.29) is 24.5 Å². The van der Waals surface area contributed by atoms with Crippen molar-refractivity contribution in [3.63, 3.8) is 0 Å². The Morgan fingerprint density at radius 3 is 2.23 bits per heavy atom. The van der Waals surface area contributed by atoms with Crippen LogP contribution in [0.4, 0.5) is 0 Å². The number of nitrogens with zero attached hydrogens (tertiary/aromatic N) is 1. The molecular weight excluding hydrogens is 436 g/mol. The SMILES string of the molecule is CC[C@H](C)NC(=O)[C@@H](Cc1ccccc1)N(Cc1ccccc1C)C(=O)COc1ccc(C)cc1. The van der Waals surface area contributed by atoms with Crippen LogP contribution < -0.4 is 10.1 Å². The number of rotatable bonds is 11. The maximum Gasteiger partial charge on any atom is 0.261 e. The highest BCUT2D eigenvalue weighted by molar-refractivity contribution is 5.88. The summed E-state index contributed by atoms with van der Waals surface area (Å²) in [7, 11) is 0. The summed E-state index contributed by atoms with van der Waals surface area (Å²) in [5, 5.41) is 3.09. The Morgan fingerprint density at radius 1 is 0.914 bits per heavy atom. The third kappa shape index (κ3) is 7.71. The second-order valence-corrected chi connectivity index (χ2v) is 9.07. The van der Waals surface area contributed by atoms with Gasteiger partial charge in [0.25, 0.3) is 5.91 Å². The van der Waals surface area contributed by atoms with Gasteiger partial charge in [-0.25, -0.2) is 0 Å². The Labute approximate surface area is 209 Å². The van der Waals surface area contributed by atoms with Crippen LogP contribution in [0.3, 0.4) is 0 Å². The van der Waals surface area contributed by atoms with Gasteiger partial charge in [0, 0.05) is 19.0 Å². The molecule has 5 nitrogen and oxygen atoms in total. The van der Waals surface area contributed by atoms with Gasteiger partial charge in [0.1, 0.15) is 11.8 Å². The molecule has 0 unspecified atom stereocenters. The van der Waals surface area contributed by atoms with Crippen LogP contribution in [-0.4, -0.2) is 35.4 Å². The smallest absolute Gasteiger partial charge is 0.261 e. The normalized spacial score (nSPS) is 12.5. The zero-order valence-electron chi connectivity index (χ0n) is 21.2. The van der Waals surface area contributed by atoms with Crippen LogP contribution in [0.15, 0.2) is 78.9 Å². The summed E-state index contributed by atoms with van der Waals surface area (Å²) in [4.78, 5) is 28.8. The van der Waals surface area contributed by atoms with E-state index in [1.165, 1.54) is 0 Å². The molecule has 3 aromatic rings. The van der Waals surface area contributed by atoms with Gasteiger partial charge >= 0.3 is 0 Å². The fourth-order valence-electron chi connectivity index (χ4n) is 3.83. The lowest BCUT2D eigenvalue weighted by Crippen LogP contribution is -2.53. The van der Waals surface area contributed by atoms with Crippen LogP contribution in [-0.2, 0) is 22.6 Å². The number of ether oxygens (including phenoxy) is 1. The largest absolute Gasteiger partial charge is 0.484 e. The van der Waals surface area contributed by atoms with Crippen molar-refractivity contribution in [3.05, 3.63) is 101 Å². The van der Waals surface area contributed by atoms with E-state index in [0.29, 0.717) is 18.7 Å². The molecule has 3 rings (SSSR count). The summed E-state index contributed by atoms with van der Waals surface area (Å²) in [5.41, 5.74) is 4.20. The molecule has 2 amide bonds. The fraction of sp³-hybridized carbons (Fsp3) is 0.333. The minimum atomic E-state index is -0.667. The first kappa shape index (κ1) is 26.0. The van der Waals surface area contributed by atoms with E-state index in [4.69, 9.17) is 4.74 Å². The van der Waals surface area contributed by atoms with Crippen molar-refractivity contribution >= 4 is 11.8 Å². The van der Waals surface area contributed by atoms with E-state index >= 15 is 0 Å². The minimum Gasteiger partial charge on any atom is -0.484 e. The van der Waals surface area contributed by atoms with Crippen molar-refractivity contribution < 1.29 is 14.3 Å². The summed E-state index contributed by atoms with van der Waals surface area (Å²) in [6.07, 6.45) is 1.23. The molecule has 0 aliphatic rings. The van der Waals surface area contributed by atoms with Crippen LogP contribution in [0.25, 0.3) is 0 Å². The van der Waals surface area contributed by atoms with Gasteiger partial charge in [0.05, 0.1) is 0 Å². The third-order valence-electron chi connectivity index (χ3n) is 6.26. The standard InChI is InChI=1S/C30H36N2O3/c1-5-24(4)31-30(34)28(19-25-12-7-6-8-13-25)32(20-26-14-10-9-11-23(26)3)29(33)21-35-27-17-15-22(2)16-18-27/h6-18,24,28H,5,19-21H2,1-4H3,(H,31,34)/t24-,28+/m0/s1. The number of hydrogen-bond acceptors (Lipinski definition) is 3. The summed E-state index contributed by atoms with van der Waals surface area (Å²) in [5.74, 6) is 0.248. The van der Waals surface area contributed by atoms with E-state index in [9.17, 15) is 9.59 Å². The molecule has 0 bridgehead atoms. The van der Waals surface area contributed by atoms with Crippen LogP contribution in [0.5, 0.6) is 5.75 Å². The minimum absolute atomic E-state index is 0.0139. The van der Waals surface area contributed by atoms with Gasteiger partial charge in [-0.15, -0.1) is 0 Å². The molecule has 0 fully saturated rings. The predicted molar refractivity (Wildman–Crippen MR) is 140 cm³/mol. The molecule has 0 radical (unpaired) electrons. The predicted octanol–water partition coefficient (Wildman–Crippen LogP) is 5.24. The maximum atomic E-state index is 13.6. The molecule has 184 valence electrons. The van der Waals surface area contributed by atoms with Gasteiger partial charge in [0.2, 0.25) is 5.91 Å². The maximum absolute atomic E-state index is 13.6. The lowest BCUT2D eigenvalue weighted by molar-refractivity contribution is -0.143. The number of hydrogen-bond donors (Lipinski definition) is 1. The van der Waals surface area contributed by atoms with Crippen LogP contribution in [0.1, 0.15) is 42.5 Å². The van der Waals surface area contributed by atoms with Gasteiger partial charge in [0.15, 0.2) is 6.61 Å². The Kier molecular flexibility index (Phi) is 9.47. The van der Waals surface area contributed by atoms with Crippen molar-refractivity contribution in [2.24, 2.45) is 0 Å². The van der Waals surface area contributed by atoms with Gasteiger partial charge in [-0.2, -0.15) is 0 Å². The molecule has 0 aliphatic carbocycles. The number of amides is 2. The summed E-state index contributed by atoms with van der Waals surface area (Å²) < 4.78 is 5.83. The van der Waals surface area contributed by atoms with E-state index in [1.807, 2.05) is 107 Å². The first-order valence-corrected chi connectivity index (χ1v) is 12.2. The highest BCUT2D eigenvalue weighted by atomic mass is 16.5. The lowest BCUT2D eigenvalue weighted by Gasteiger charge is -2.32. The summed E-state index contributed by atoms with van der Waals surface area (Å²) >= 11 is 0. The molecule has 5 heteroatoms.